The van der Waals surface area contributed by atoms with Crippen LogP contribution in [0.2, 0.25) is 0 Å². The molecule has 0 heterocycles. The van der Waals surface area contributed by atoms with Crippen LogP contribution in [0.25, 0.3) is 6.08 Å². The second kappa shape index (κ2) is 7.25. The summed E-state index contributed by atoms with van der Waals surface area (Å²) < 4.78 is 0. The molecule has 0 spiro atoms. The van der Waals surface area contributed by atoms with Gasteiger partial charge in [-0.2, -0.15) is 0 Å². The molecule has 0 unspecified atom stereocenters. The van der Waals surface area contributed by atoms with Gasteiger partial charge >= 0.3 is 0 Å². The topological polar surface area (TPSA) is 49.3 Å². The van der Waals surface area contributed by atoms with Crippen LogP contribution in [0.5, 0.6) is 0 Å². The lowest BCUT2D eigenvalue weighted by Gasteiger charge is -2.30. The fourth-order valence-corrected chi connectivity index (χ4v) is 2.17. The largest absolute Gasteiger partial charge is 0.394 e. The van der Waals surface area contributed by atoms with Crippen molar-refractivity contribution in [1.29, 1.82) is 0 Å². The van der Waals surface area contributed by atoms with Gasteiger partial charge in [0.15, 0.2) is 0 Å². The molecular weight excluding hydrogens is 250 g/mol. The zero-order chi connectivity index (χ0) is 15.2. The Morgan fingerprint density at radius 2 is 1.95 bits per heavy atom. The minimum atomic E-state index is -0.510. The van der Waals surface area contributed by atoms with Crippen LogP contribution in [0.1, 0.15) is 43.4 Å². The van der Waals surface area contributed by atoms with Crippen molar-refractivity contribution in [2.24, 2.45) is 0 Å². The molecule has 1 amide bonds. The minimum Gasteiger partial charge on any atom is -0.394 e. The summed E-state index contributed by atoms with van der Waals surface area (Å²) in [5, 5.41) is 12.4. The molecule has 110 valence electrons. The van der Waals surface area contributed by atoms with Crippen LogP contribution in [0.15, 0.2) is 24.3 Å². The number of amides is 1. The number of aryl methyl sites for hydroxylation is 2. The van der Waals surface area contributed by atoms with Gasteiger partial charge in [0.2, 0.25) is 5.91 Å². The Morgan fingerprint density at radius 1 is 1.30 bits per heavy atom. The number of nitrogens with one attached hydrogen (secondary N) is 1. The quantitative estimate of drug-likeness (QED) is 0.784. The van der Waals surface area contributed by atoms with Gasteiger partial charge in [-0.05, 0) is 43.9 Å². The summed E-state index contributed by atoms with van der Waals surface area (Å²) in [7, 11) is 0. The first-order valence-electron chi connectivity index (χ1n) is 7.14. The number of rotatable bonds is 6. The van der Waals surface area contributed by atoms with Gasteiger partial charge in [-0.15, -0.1) is 0 Å². The van der Waals surface area contributed by atoms with Crippen LogP contribution in [-0.4, -0.2) is 23.2 Å². The van der Waals surface area contributed by atoms with E-state index in [0.717, 1.165) is 11.1 Å². The highest BCUT2D eigenvalue weighted by Gasteiger charge is 2.26. The summed E-state index contributed by atoms with van der Waals surface area (Å²) in [5.74, 6) is -0.164. The summed E-state index contributed by atoms with van der Waals surface area (Å²) in [5.41, 5.74) is 2.88. The normalized spacial score (nSPS) is 11.8. The third-order valence-corrected chi connectivity index (χ3v) is 3.88. The fourth-order valence-electron chi connectivity index (χ4n) is 2.17. The molecule has 20 heavy (non-hydrogen) atoms. The molecule has 1 aromatic carbocycles. The predicted molar refractivity (Wildman–Crippen MR) is 83.5 cm³/mol. The highest BCUT2D eigenvalue weighted by molar-refractivity contribution is 5.92. The Hall–Kier alpha value is -1.61. The minimum absolute atomic E-state index is 0.0386. The first kappa shape index (κ1) is 16.4. The van der Waals surface area contributed by atoms with Crippen molar-refractivity contribution in [1.82, 2.24) is 5.32 Å². The van der Waals surface area contributed by atoms with Crippen LogP contribution < -0.4 is 5.32 Å². The number of benzene rings is 1. The zero-order valence-electron chi connectivity index (χ0n) is 12.9. The van der Waals surface area contributed by atoms with Gasteiger partial charge in [-0.25, -0.2) is 0 Å². The van der Waals surface area contributed by atoms with Gasteiger partial charge in [0.1, 0.15) is 0 Å². The third kappa shape index (κ3) is 4.20. The summed E-state index contributed by atoms with van der Waals surface area (Å²) >= 11 is 0. The van der Waals surface area contributed by atoms with Crippen LogP contribution in [-0.2, 0) is 4.79 Å². The second-order valence-electron chi connectivity index (χ2n) is 5.33. The molecule has 2 N–H and O–H groups in total. The molecule has 0 atom stereocenters. The van der Waals surface area contributed by atoms with E-state index in [1.165, 1.54) is 11.6 Å². The molecule has 1 aromatic rings. The maximum Gasteiger partial charge on any atom is 0.244 e. The summed E-state index contributed by atoms with van der Waals surface area (Å²) in [6, 6.07) is 6.13. The molecular formula is C17H25NO2. The van der Waals surface area contributed by atoms with E-state index >= 15 is 0 Å². The van der Waals surface area contributed by atoms with E-state index in [1.807, 2.05) is 45.9 Å². The van der Waals surface area contributed by atoms with Gasteiger partial charge in [-0.1, -0.05) is 37.6 Å². The van der Waals surface area contributed by atoms with Gasteiger partial charge in [0.05, 0.1) is 12.1 Å². The molecule has 0 aromatic heterocycles. The molecule has 0 radical (unpaired) electrons. The Labute approximate surface area is 121 Å². The molecule has 0 aliphatic rings. The molecule has 3 heteroatoms. The molecule has 3 nitrogen and oxygen atoms in total. The van der Waals surface area contributed by atoms with Crippen LogP contribution in [0.3, 0.4) is 0 Å². The SMILES string of the molecule is CCC(CC)(CO)NC(=O)C=Cc1ccc(C)cc1C. The highest BCUT2D eigenvalue weighted by Crippen LogP contribution is 2.15. The maximum absolute atomic E-state index is 12.0. The number of aliphatic hydroxyl groups excluding tert-OH is 1. The summed E-state index contributed by atoms with van der Waals surface area (Å²) in [4.78, 5) is 12.0. The first-order valence-corrected chi connectivity index (χ1v) is 7.14. The number of aliphatic hydroxyl groups is 1. The molecule has 1 rings (SSSR count). The molecule has 0 fully saturated rings. The van der Waals surface area contributed by atoms with E-state index in [2.05, 4.69) is 11.4 Å². The average Bonchev–Trinajstić information content (AvgIpc) is 2.44. The van der Waals surface area contributed by atoms with E-state index < -0.39 is 5.54 Å². The van der Waals surface area contributed by atoms with Crippen molar-refractivity contribution >= 4 is 12.0 Å². The van der Waals surface area contributed by atoms with Crippen molar-refractivity contribution in [3.8, 4) is 0 Å². The standard InChI is InChI=1S/C17H25NO2/c1-5-17(6-2,12-19)18-16(20)10-9-15-8-7-13(3)11-14(15)4/h7-11,19H,5-6,12H2,1-4H3,(H,18,20). The Balaban J connectivity index is 2.77. The van der Waals surface area contributed by atoms with Gasteiger partial charge in [-0.3, -0.25) is 4.79 Å². The van der Waals surface area contributed by atoms with Gasteiger partial charge < -0.3 is 10.4 Å². The van der Waals surface area contributed by atoms with E-state index in [1.54, 1.807) is 0 Å². The Morgan fingerprint density at radius 3 is 2.45 bits per heavy atom. The van der Waals surface area contributed by atoms with Crippen LogP contribution in [0, 0.1) is 13.8 Å². The Kier molecular flexibility index (Phi) is 5.96. The van der Waals surface area contributed by atoms with E-state index in [9.17, 15) is 9.90 Å². The predicted octanol–water partition coefficient (Wildman–Crippen LogP) is 2.98. The lowest BCUT2D eigenvalue weighted by atomic mass is 9.94. The molecule has 0 bridgehead atoms. The van der Waals surface area contributed by atoms with Crippen molar-refractivity contribution in [2.45, 2.75) is 46.1 Å². The van der Waals surface area contributed by atoms with Crippen molar-refractivity contribution in [2.75, 3.05) is 6.61 Å². The smallest absolute Gasteiger partial charge is 0.244 e. The lowest BCUT2D eigenvalue weighted by Crippen LogP contribution is -2.49. The van der Waals surface area contributed by atoms with E-state index in [-0.39, 0.29) is 12.5 Å². The zero-order valence-corrected chi connectivity index (χ0v) is 12.9. The van der Waals surface area contributed by atoms with E-state index in [4.69, 9.17) is 0 Å². The lowest BCUT2D eigenvalue weighted by molar-refractivity contribution is -0.119. The maximum atomic E-state index is 12.0. The fraction of sp³-hybridized carbons (Fsp3) is 0.471. The monoisotopic (exact) mass is 275 g/mol. The van der Waals surface area contributed by atoms with Crippen molar-refractivity contribution in [3.63, 3.8) is 0 Å². The molecule has 0 aliphatic carbocycles. The van der Waals surface area contributed by atoms with Gasteiger partial charge in [0, 0.05) is 6.08 Å². The second-order valence-corrected chi connectivity index (χ2v) is 5.33. The summed E-state index contributed by atoms with van der Waals surface area (Å²) in [6.07, 6.45) is 4.78. The van der Waals surface area contributed by atoms with Gasteiger partial charge in [0.25, 0.3) is 0 Å². The van der Waals surface area contributed by atoms with Crippen molar-refractivity contribution in [3.05, 3.63) is 41.0 Å². The van der Waals surface area contributed by atoms with Crippen LogP contribution >= 0.6 is 0 Å². The molecule has 0 saturated carbocycles. The number of carbonyl (C=O) groups is 1. The average molecular weight is 275 g/mol. The number of carbonyl (C=O) groups excluding carboxylic acids is 1. The number of hydrogen-bond acceptors (Lipinski definition) is 2. The van der Waals surface area contributed by atoms with Crippen molar-refractivity contribution < 1.29 is 9.90 Å². The highest BCUT2D eigenvalue weighted by atomic mass is 16.3. The van der Waals surface area contributed by atoms with Crippen LogP contribution in [0.4, 0.5) is 0 Å². The molecule has 0 aliphatic heterocycles. The summed E-state index contributed by atoms with van der Waals surface area (Å²) in [6.45, 7) is 7.97. The van der Waals surface area contributed by atoms with E-state index in [0.29, 0.717) is 12.8 Å². The molecule has 0 saturated heterocycles. The number of hydrogen-bond donors (Lipinski definition) is 2. The Bertz CT molecular complexity index is 479. The first-order chi connectivity index (χ1) is 9.46. The third-order valence-electron chi connectivity index (χ3n) is 3.88.